The van der Waals surface area contributed by atoms with Crippen LogP contribution in [0.4, 0.5) is 17.1 Å². The van der Waals surface area contributed by atoms with Crippen LogP contribution in [0, 0.1) is 0 Å². The van der Waals surface area contributed by atoms with Crippen LogP contribution < -0.4 is 15.1 Å². The number of hydrogen-bond donors (Lipinski definition) is 1. The Morgan fingerprint density at radius 2 is 1.63 bits per heavy atom. The van der Waals surface area contributed by atoms with Crippen LogP contribution in [-0.4, -0.2) is 31.4 Å². The first kappa shape index (κ1) is 19.0. The number of piperidine rings is 1. The highest BCUT2D eigenvalue weighted by Gasteiger charge is 2.14. The highest BCUT2D eigenvalue weighted by atomic mass is 16.2. The third-order valence-corrected chi connectivity index (χ3v) is 4.88. The predicted molar refractivity (Wildman–Crippen MR) is 110 cm³/mol. The lowest BCUT2D eigenvalue weighted by molar-refractivity contribution is -0.117. The van der Waals surface area contributed by atoms with E-state index in [1.165, 1.54) is 31.9 Å². The van der Waals surface area contributed by atoms with E-state index in [0.29, 0.717) is 6.54 Å². The van der Waals surface area contributed by atoms with Gasteiger partial charge in [0.25, 0.3) is 0 Å². The van der Waals surface area contributed by atoms with E-state index >= 15 is 0 Å². The molecular weight excluding hydrogens is 338 g/mol. The van der Waals surface area contributed by atoms with Crippen LogP contribution >= 0.6 is 0 Å². The van der Waals surface area contributed by atoms with E-state index in [-0.39, 0.29) is 18.2 Å². The van der Waals surface area contributed by atoms with Gasteiger partial charge in [-0.25, -0.2) is 0 Å². The number of nitrogens with one attached hydrogen (secondary N) is 1. The molecule has 0 bridgehead atoms. The maximum atomic E-state index is 12.3. The second-order valence-corrected chi connectivity index (χ2v) is 6.90. The van der Waals surface area contributed by atoms with Crippen molar-refractivity contribution in [2.75, 3.05) is 34.8 Å². The quantitative estimate of drug-likeness (QED) is 0.840. The van der Waals surface area contributed by atoms with Crippen molar-refractivity contribution < 1.29 is 9.59 Å². The van der Waals surface area contributed by atoms with E-state index in [2.05, 4.69) is 22.3 Å². The van der Waals surface area contributed by atoms with Crippen molar-refractivity contribution in [3.05, 3.63) is 54.6 Å². The molecule has 3 rings (SSSR count). The molecule has 2 amide bonds. The molecule has 1 aliphatic heterocycles. The van der Waals surface area contributed by atoms with Crippen molar-refractivity contribution in [3.63, 3.8) is 0 Å². The van der Waals surface area contributed by atoms with Crippen molar-refractivity contribution in [3.8, 4) is 0 Å². The van der Waals surface area contributed by atoms with Crippen molar-refractivity contribution in [1.29, 1.82) is 0 Å². The van der Waals surface area contributed by atoms with Gasteiger partial charge in [0.1, 0.15) is 0 Å². The molecule has 0 atom stereocenters. The Morgan fingerprint density at radius 3 is 2.26 bits per heavy atom. The van der Waals surface area contributed by atoms with Crippen LogP contribution in [-0.2, 0) is 9.59 Å². The Morgan fingerprint density at radius 1 is 0.963 bits per heavy atom. The Kier molecular flexibility index (Phi) is 6.47. The molecule has 2 aromatic rings. The predicted octanol–water partition coefficient (Wildman–Crippen LogP) is 4.06. The van der Waals surface area contributed by atoms with Crippen LogP contribution in [0.1, 0.15) is 32.6 Å². The second-order valence-electron chi connectivity index (χ2n) is 6.90. The van der Waals surface area contributed by atoms with Gasteiger partial charge in [0.15, 0.2) is 0 Å². The van der Waals surface area contributed by atoms with Gasteiger partial charge in [-0.15, -0.1) is 0 Å². The number of hydrogen-bond acceptors (Lipinski definition) is 3. The molecular formula is C22H27N3O2. The molecule has 5 heteroatoms. The van der Waals surface area contributed by atoms with E-state index in [1.807, 2.05) is 42.5 Å². The van der Waals surface area contributed by atoms with Crippen LogP contribution in [0.3, 0.4) is 0 Å². The van der Waals surface area contributed by atoms with E-state index < -0.39 is 0 Å². The summed E-state index contributed by atoms with van der Waals surface area (Å²) in [6.45, 7) is 4.08. The Hall–Kier alpha value is -2.82. The first-order chi connectivity index (χ1) is 13.1. The average Bonchev–Trinajstić information content (AvgIpc) is 2.70. The van der Waals surface area contributed by atoms with Crippen LogP contribution in [0.15, 0.2) is 54.6 Å². The summed E-state index contributed by atoms with van der Waals surface area (Å²) in [7, 11) is 0. The smallest absolute Gasteiger partial charge is 0.226 e. The summed E-state index contributed by atoms with van der Waals surface area (Å²) in [5.41, 5.74) is 2.80. The number of para-hydroxylation sites is 1. The fraction of sp³-hybridized carbons (Fsp3) is 0.364. The molecule has 1 N–H and O–H groups in total. The largest absolute Gasteiger partial charge is 0.372 e. The summed E-state index contributed by atoms with van der Waals surface area (Å²) in [6.07, 6.45) is 4.05. The first-order valence-corrected chi connectivity index (χ1v) is 9.61. The molecule has 0 unspecified atom stereocenters. The monoisotopic (exact) mass is 365 g/mol. The van der Waals surface area contributed by atoms with Gasteiger partial charge in [-0.05, 0) is 55.7 Å². The minimum Gasteiger partial charge on any atom is -0.372 e. The van der Waals surface area contributed by atoms with Gasteiger partial charge in [-0.1, -0.05) is 18.2 Å². The van der Waals surface area contributed by atoms with Gasteiger partial charge in [0.05, 0.1) is 0 Å². The summed E-state index contributed by atoms with van der Waals surface area (Å²) in [5, 5.41) is 2.92. The first-order valence-electron chi connectivity index (χ1n) is 9.61. The zero-order valence-electron chi connectivity index (χ0n) is 15.9. The Labute approximate surface area is 161 Å². The summed E-state index contributed by atoms with van der Waals surface area (Å²) >= 11 is 0. The lowest BCUT2D eigenvalue weighted by atomic mass is 10.1. The molecule has 5 nitrogen and oxygen atoms in total. The lowest BCUT2D eigenvalue weighted by Gasteiger charge is -2.28. The number of anilines is 3. The van der Waals surface area contributed by atoms with Gasteiger partial charge in [-0.2, -0.15) is 0 Å². The highest BCUT2D eigenvalue weighted by molar-refractivity contribution is 5.94. The van der Waals surface area contributed by atoms with Gasteiger partial charge in [-0.3, -0.25) is 9.59 Å². The normalized spacial score (nSPS) is 13.9. The highest BCUT2D eigenvalue weighted by Crippen LogP contribution is 2.22. The third-order valence-electron chi connectivity index (χ3n) is 4.88. The van der Waals surface area contributed by atoms with Gasteiger partial charge < -0.3 is 15.1 Å². The van der Waals surface area contributed by atoms with Gasteiger partial charge in [0.2, 0.25) is 11.8 Å². The SMILES string of the molecule is CC(=O)N(CCC(=O)Nc1ccc(N2CCCCC2)cc1)c1ccccc1. The molecule has 27 heavy (non-hydrogen) atoms. The topological polar surface area (TPSA) is 52.7 Å². The number of nitrogens with zero attached hydrogens (tertiary/aromatic N) is 2. The van der Waals surface area contributed by atoms with Crippen molar-refractivity contribution >= 4 is 28.9 Å². The molecule has 2 aromatic carbocycles. The van der Waals surface area contributed by atoms with E-state index in [4.69, 9.17) is 0 Å². The fourth-order valence-electron chi connectivity index (χ4n) is 3.42. The zero-order chi connectivity index (χ0) is 19.1. The van der Waals surface area contributed by atoms with E-state index in [1.54, 1.807) is 4.90 Å². The summed E-state index contributed by atoms with van der Waals surface area (Å²) < 4.78 is 0. The Balaban J connectivity index is 1.53. The van der Waals surface area contributed by atoms with Crippen LogP contribution in [0.25, 0.3) is 0 Å². The third kappa shape index (κ3) is 5.33. The molecule has 142 valence electrons. The minimum atomic E-state index is -0.0945. The second kappa shape index (κ2) is 9.21. The number of benzene rings is 2. The Bertz CT molecular complexity index is 753. The van der Waals surface area contributed by atoms with Crippen LogP contribution in [0.5, 0.6) is 0 Å². The maximum Gasteiger partial charge on any atom is 0.226 e. The number of rotatable bonds is 6. The maximum absolute atomic E-state index is 12.3. The van der Waals surface area contributed by atoms with E-state index in [9.17, 15) is 9.59 Å². The molecule has 0 spiro atoms. The van der Waals surface area contributed by atoms with Crippen molar-refractivity contribution in [1.82, 2.24) is 0 Å². The molecule has 0 saturated carbocycles. The summed E-state index contributed by atoms with van der Waals surface area (Å²) in [5.74, 6) is -0.164. The molecule has 1 heterocycles. The molecule has 1 aliphatic rings. The van der Waals surface area contributed by atoms with Crippen molar-refractivity contribution in [2.24, 2.45) is 0 Å². The summed E-state index contributed by atoms with van der Waals surface area (Å²) in [4.78, 5) is 28.2. The van der Waals surface area contributed by atoms with Crippen molar-refractivity contribution in [2.45, 2.75) is 32.6 Å². The number of carbonyl (C=O) groups is 2. The molecule has 1 saturated heterocycles. The van der Waals surface area contributed by atoms with Gasteiger partial charge in [0, 0.05) is 50.0 Å². The molecule has 0 aromatic heterocycles. The van der Waals surface area contributed by atoms with E-state index in [0.717, 1.165) is 24.5 Å². The molecule has 0 radical (unpaired) electrons. The lowest BCUT2D eigenvalue weighted by Crippen LogP contribution is -2.31. The summed E-state index contributed by atoms with van der Waals surface area (Å²) in [6, 6.07) is 17.4. The zero-order valence-corrected chi connectivity index (χ0v) is 15.9. The average molecular weight is 365 g/mol. The number of amides is 2. The number of carbonyl (C=O) groups excluding carboxylic acids is 2. The standard InChI is InChI=1S/C22H27N3O2/c1-18(26)25(21-8-4-2-5-9-21)17-14-22(27)23-19-10-12-20(13-11-19)24-15-6-3-7-16-24/h2,4-5,8-13H,3,6-7,14-17H2,1H3,(H,23,27). The molecule has 1 fully saturated rings. The van der Waals surface area contributed by atoms with Crippen LogP contribution in [0.2, 0.25) is 0 Å². The molecule has 0 aliphatic carbocycles. The minimum absolute atomic E-state index is 0.0696. The van der Waals surface area contributed by atoms with Gasteiger partial charge >= 0.3 is 0 Å². The fourth-order valence-corrected chi connectivity index (χ4v) is 3.42.